The topological polar surface area (TPSA) is 15.3 Å². The first kappa shape index (κ1) is 13.6. The van der Waals surface area contributed by atoms with Crippen LogP contribution in [-0.4, -0.2) is 31.1 Å². The molecule has 2 rings (SSSR count). The second-order valence-corrected chi connectivity index (χ2v) is 5.21. The van der Waals surface area contributed by atoms with Crippen molar-refractivity contribution in [3.8, 4) is 0 Å². The summed E-state index contributed by atoms with van der Waals surface area (Å²) in [4.78, 5) is 2.61. The maximum atomic E-state index is 3.39. The molecule has 1 aromatic rings. The Labute approximate surface area is 111 Å². The van der Waals surface area contributed by atoms with Gasteiger partial charge in [0.25, 0.3) is 0 Å². The van der Waals surface area contributed by atoms with Crippen molar-refractivity contribution >= 4 is 0 Å². The van der Waals surface area contributed by atoms with Gasteiger partial charge in [0.2, 0.25) is 0 Å². The van der Waals surface area contributed by atoms with Crippen LogP contribution < -0.4 is 5.32 Å². The highest BCUT2D eigenvalue weighted by molar-refractivity contribution is 5.28. The Hall–Kier alpha value is -0.860. The van der Waals surface area contributed by atoms with Crippen molar-refractivity contribution in [1.82, 2.24) is 10.2 Å². The molecule has 0 bridgehead atoms. The van der Waals surface area contributed by atoms with E-state index in [0.29, 0.717) is 0 Å². The van der Waals surface area contributed by atoms with E-state index in [-0.39, 0.29) is 0 Å². The Balaban J connectivity index is 1.64. The molecule has 0 spiro atoms. The van der Waals surface area contributed by atoms with Gasteiger partial charge in [0.05, 0.1) is 0 Å². The molecule has 2 nitrogen and oxygen atoms in total. The lowest BCUT2D eigenvalue weighted by molar-refractivity contribution is 0.248. The maximum Gasteiger partial charge on any atom is 0.0236 e. The van der Waals surface area contributed by atoms with E-state index in [0.717, 1.165) is 13.1 Å². The maximum absolute atomic E-state index is 3.39. The monoisotopic (exact) mass is 246 g/mol. The Morgan fingerprint density at radius 1 is 1.11 bits per heavy atom. The molecule has 0 saturated heterocycles. The SMILES string of the molecule is CCNCCCCCN1CCc2ccccc2C1. The second kappa shape index (κ2) is 7.55. The van der Waals surface area contributed by atoms with Gasteiger partial charge in [-0.1, -0.05) is 37.6 Å². The van der Waals surface area contributed by atoms with Crippen molar-refractivity contribution in [1.29, 1.82) is 0 Å². The van der Waals surface area contributed by atoms with Crippen LogP contribution in [0, 0.1) is 0 Å². The van der Waals surface area contributed by atoms with Crippen LogP contribution in [0.2, 0.25) is 0 Å². The first-order valence-electron chi connectivity index (χ1n) is 7.40. The Bertz CT molecular complexity index is 349. The van der Waals surface area contributed by atoms with Gasteiger partial charge in [0.1, 0.15) is 0 Å². The van der Waals surface area contributed by atoms with Crippen LogP contribution in [0.25, 0.3) is 0 Å². The summed E-state index contributed by atoms with van der Waals surface area (Å²) in [6, 6.07) is 8.89. The molecule has 1 aromatic carbocycles. The molecule has 1 N–H and O–H groups in total. The fraction of sp³-hybridized carbons (Fsp3) is 0.625. The molecule has 0 saturated carbocycles. The lowest BCUT2D eigenvalue weighted by Gasteiger charge is -2.28. The highest BCUT2D eigenvalue weighted by atomic mass is 15.1. The molecule has 0 amide bonds. The van der Waals surface area contributed by atoms with Crippen LogP contribution >= 0.6 is 0 Å². The summed E-state index contributed by atoms with van der Waals surface area (Å²) in [5.74, 6) is 0. The number of hydrogen-bond acceptors (Lipinski definition) is 2. The molecule has 0 fully saturated rings. The summed E-state index contributed by atoms with van der Waals surface area (Å²) < 4.78 is 0. The van der Waals surface area contributed by atoms with Crippen LogP contribution in [0.1, 0.15) is 37.3 Å². The summed E-state index contributed by atoms with van der Waals surface area (Å²) in [7, 11) is 0. The molecule has 0 unspecified atom stereocenters. The number of hydrogen-bond donors (Lipinski definition) is 1. The first-order valence-corrected chi connectivity index (χ1v) is 7.40. The van der Waals surface area contributed by atoms with Gasteiger partial charge in [0.15, 0.2) is 0 Å². The minimum Gasteiger partial charge on any atom is -0.317 e. The second-order valence-electron chi connectivity index (χ2n) is 5.21. The number of rotatable bonds is 7. The van der Waals surface area contributed by atoms with E-state index in [1.165, 1.54) is 50.9 Å². The number of nitrogens with zero attached hydrogens (tertiary/aromatic N) is 1. The molecular formula is C16H26N2. The zero-order valence-corrected chi connectivity index (χ0v) is 11.6. The van der Waals surface area contributed by atoms with Gasteiger partial charge in [-0.05, 0) is 50.0 Å². The molecule has 0 aromatic heterocycles. The molecule has 1 aliphatic heterocycles. The molecule has 18 heavy (non-hydrogen) atoms. The molecule has 0 atom stereocenters. The van der Waals surface area contributed by atoms with Crippen LogP contribution in [0.4, 0.5) is 0 Å². The minimum absolute atomic E-state index is 1.10. The van der Waals surface area contributed by atoms with Crippen LogP contribution in [0.3, 0.4) is 0 Å². The Morgan fingerprint density at radius 2 is 1.94 bits per heavy atom. The highest BCUT2D eigenvalue weighted by Gasteiger charge is 2.14. The predicted octanol–water partition coefficient (Wildman–Crippen LogP) is 2.82. The smallest absolute Gasteiger partial charge is 0.0236 e. The standard InChI is InChI=1S/C16H26N2/c1-2-17-11-6-3-7-12-18-13-10-15-8-4-5-9-16(15)14-18/h4-5,8-9,17H,2-3,6-7,10-14H2,1H3. The Kier molecular flexibility index (Phi) is 5.69. The van der Waals surface area contributed by atoms with E-state index in [2.05, 4.69) is 41.4 Å². The van der Waals surface area contributed by atoms with E-state index in [4.69, 9.17) is 0 Å². The quantitative estimate of drug-likeness (QED) is 0.744. The summed E-state index contributed by atoms with van der Waals surface area (Å²) >= 11 is 0. The lowest BCUT2D eigenvalue weighted by Crippen LogP contribution is -2.31. The molecule has 2 heteroatoms. The van der Waals surface area contributed by atoms with Crippen LogP contribution in [-0.2, 0) is 13.0 Å². The molecule has 0 radical (unpaired) electrons. The summed E-state index contributed by atoms with van der Waals surface area (Å²) in [6.45, 7) is 8.11. The van der Waals surface area contributed by atoms with E-state index < -0.39 is 0 Å². The Morgan fingerprint density at radius 3 is 2.78 bits per heavy atom. The van der Waals surface area contributed by atoms with E-state index >= 15 is 0 Å². The summed E-state index contributed by atoms with van der Waals surface area (Å²) in [5.41, 5.74) is 3.09. The normalized spacial score (nSPS) is 15.6. The van der Waals surface area contributed by atoms with Crippen molar-refractivity contribution in [3.63, 3.8) is 0 Å². The third-order valence-corrected chi connectivity index (χ3v) is 3.79. The number of unbranched alkanes of at least 4 members (excludes halogenated alkanes) is 2. The number of fused-ring (bicyclic) bond motifs is 1. The third-order valence-electron chi connectivity index (χ3n) is 3.79. The summed E-state index contributed by atoms with van der Waals surface area (Å²) in [5, 5.41) is 3.39. The molecular weight excluding hydrogens is 220 g/mol. The van der Waals surface area contributed by atoms with Crippen LogP contribution in [0.15, 0.2) is 24.3 Å². The van der Waals surface area contributed by atoms with Crippen molar-refractivity contribution in [3.05, 3.63) is 35.4 Å². The fourth-order valence-electron chi connectivity index (χ4n) is 2.68. The van der Waals surface area contributed by atoms with E-state index in [1.54, 1.807) is 5.56 Å². The van der Waals surface area contributed by atoms with Crippen molar-refractivity contribution in [2.24, 2.45) is 0 Å². The third kappa shape index (κ3) is 4.11. The fourth-order valence-corrected chi connectivity index (χ4v) is 2.68. The van der Waals surface area contributed by atoms with Gasteiger partial charge in [-0.2, -0.15) is 0 Å². The molecule has 1 aliphatic rings. The van der Waals surface area contributed by atoms with Gasteiger partial charge in [-0.3, -0.25) is 4.90 Å². The minimum atomic E-state index is 1.10. The molecule has 0 aliphatic carbocycles. The van der Waals surface area contributed by atoms with Gasteiger partial charge in [-0.15, -0.1) is 0 Å². The number of nitrogens with one attached hydrogen (secondary N) is 1. The molecule has 100 valence electrons. The van der Waals surface area contributed by atoms with Gasteiger partial charge in [-0.25, -0.2) is 0 Å². The average molecular weight is 246 g/mol. The van der Waals surface area contributed by atoms with Gasteiger partial charge >= 0.3 is 0 Å². The average Bonchev–Trinajstić information content (AvgIpc) is 2.42. The lowest BCUT2D eigenvalue weighted by atomic mass is 10.00. The van der Waals surface area contributed by atoms with Crippen molar-refractivity contribution in [2.45, 2.75) is 39.2 Å². The van der Waals surface area contributed by atoms with Crippen molar-refractivity contribution in [2.75, 3.05) is 26.2 Å². The number of benzene rings is 1. The zero-order chi connectivity index (χ0) is 12.6. The summed E-state index contributed by atoms with van der Waals surface area (Å²) in [6.07, 6.45) is 5.24. The molecule has 1 heterocycles. The van der Waals surface area contributed by atoms with Gasteiger partial charge < -0.3 is 5.32 Å². The largest absolute Gasteiger partial charge is 0.317 e. The van der Waals surface area contributed by atoms with Crippen molar-refractivity contribution < 1.29 is 0 Å². The zero-order valence-electron chi connectivity index (χ0n) is 11.6. The van der Waals surface area contributed by atoms with E-state index in [9.17, 15) is 0 Å². The van der Waals surface area contributed by atoms with Gasteiger partial charge in [0, 0.05) is 13.1 Å². The van der Waals surface area contributed by atoms with Crippen LogP contribution in [0.5, 0.6) is 0 Å². The van der Waals surface area contributed by atoms with E-state index in [1.807, 2.05) is 0 Å². The highest BCUT2D eigenvalue weighted by Crippen LogP contribution is 2.18. The predicted molar refractivity (Wildman–Crippen MR) is 77.8 cm³/mol. The first-order chi connectivity index (χ1) is 8.90.